The van der Waals surface area contributed by atoms with Crippen molar-refractivity contribution in [1.82, 2.24) is 4.98 Å². The average molecular weight is 233 g/mol. The molecule has 1 rings (SSSR count). The highest BCUT2D eigenvalue weighted by Crippen LogP contribution is 2.37. The molecule has 16 heavy (non-hydrogen) atoms. The zero-order valence-corrected chi connectivity index (χ0v) is 10.1. The number of alkyl halides is 2. The Morgan fingerprint density at radius 1 is 1.19 bits per heavy atom. The summed E-state index contributed by atoms with van der Waals surface area (Å²) in [7, 11) is 0. The van der Waals surface area contributed by atoms with Crippen LogP contribution in [0.4, 0.5) is 8.78 Å². The van der Waals surface area contributed by atoms with Gasteiger partial charge in [0.05, 0.1) is 0 Å². The third-order valence-corrected chi connectivity index (χ3v) is 2.50. The fourth-order valence-electron chi connectivity index (χ4n) is 1.07. The number of rotatable bonds is 2. The number of halogens is 2. The van der Waals surface area contributed by atoms with E-state index in [4.69, 9.17) is 4.42 Å². The molecule has 3 nitrogen and oxygen atoms in total. The van der Waals surface area contributed by atoms with Gasteiger partial charge in [-0.15, -0.1) is 0 Å². The van der Waals surface area contributed by atoms with Crippen LogP contribution in [0.15, 0.2) is 10.7 Å². The Balaban J connectivity index is 3.13. The Kier molecular flexibility index (Phi) is 2.88. The predicted molar refractivity (Wildman–Crippen MR) is 55.4 cm³/mol. The van der Waals surface area contributed by atoms with Gasteiger partial charge in [-0.1, -0.05) is 20.8 Å². The van der Waals surface area contributed by atoms with Gasteiger partial charge < -0.3 is 9.52 Å². The molecule has 0 spiro atoms. The van der Waals surface area contributed by atoms with E-state index in [2.05, 4.69) is 4.98 Å². The van der Waals surface area contributed by atoms with Gasteiger partial charge in [-0.25, -0.2) is 13.8 Å². The number of hydrogen-bond acceptors (Lipinski definition) is 3. The van der Waals surface area contributed by atoms with E-state index in [1.54, 1.807) is 0 Å². The lowest BCUT2D eigenvalue weighted by molar-refractivity contribution is -0.167. The summed E-state index contributed by atoms with van der Waals surface area (Å²) in [6.07, 6.45) is 1.08. The Hall–Kier alpha value is -0.970. The van der Waals surface area contributed by atoms with Crippen molar-refractivity contribution in [2.45, 2.75) is 51.6 Å². The molecular weight excluding hydrogens is 216 g/mol. The maximum Gasteiger partial charge on any atom is 0.278 e. The Morgan fingerprint density at radius 2 is 1.69 bits per heavy atom. The summed E-state index contributed by atoms with van der Waals surface area (Å²) < 4.78 is 31.4. The number of oxazole rings is 1. The minimum Gasteiger partial charge on any atom is -0.448 e. The van der Waals surface area contributed by atoms with Crippen molar-refractivity contribution in [3.8, 4) is 0 Å². The third kappa shape index (κ3) is 2.24. The lowest BCUT2D eigenvalue weighted by Gasteiger charge is -2.27. The molecule has 92 valence electrons. The molecule has 0 aliphatic carbocycles. The summed E-state index contributed by atoms with van der Waals surface area (Å²) in [5.74, 6) is -2.95. The number of nitrogens with zero attached hydrogens (tertiary/aromatic N) is 1. The first kappa shape index (κ1) is 13.1. The summed E-state index contributed by atoms with van der Waals surface area (Å²) in [6, 6.07) is 0. The molecule has 0 aliphatic rings. The second-order valence-corrected chi connectivity index (χ2v) is 5.25. The summed E-state index contributed by atoms with van der Waals surface area (Å²) in [5, 5.41) is 9.73. The van der Waals surface area contributed by atoms with Gasteiger partial charge in [-0.05, 0) is 6.92 Å². The maximum atomic E-state index is 13.2. The number of hydrogen-bond donors (Lipinski definition) is 1. The Morgan fingerprint density at radius 3 is 2.00 bits per heavy atom. The van der Waals surface area contributed by atoms with E-state index < -0.39 is 11.5 Å². The van der Waals surface area contributed by atoms with E-state index in [9.17, 15) is 13.9 Å². The highest BCUT2D eigenvalue weighted by molar-refractivity contribution is 5.13. The zero-order chi connectivity index (χ0) is 12.8. The molecule has 1 aromatic rings. The minimum absolute atomic E-state index is 0.148. The predicted octanol–water partition coefficient (Wildman–Crippen LogP) is 2.83. The van der Waals surface area contributed by atoms with E-state index in [-0.39, 0.29) is 11.1 Å². The van der Waals surface area contributed by atoms with Crippen molar-refractivity contribution in [3.63, 3.8) is 0 Å². The van der Waals surface area contributed by atoms with Crippen LogP contribution in [0.5, 0.6) is 0 Å². The second kappa shape index (κ2) is 3.52. The SMILES string of the molecule is CC(C)(C)c1nc(C(C)(O)C(C)(F)F)co1. The molecule has 1 atom stereocenters. The van der Waals surface area contributed by atoms with Gasteiger partial charge in [0.2, 0.25) is 0 Å². The summed E-state index contributed by atoms with van der Waals surface area (Å²) in [4.78, 5) is 3.92. The molecule has 1 N–H and O–H groups in total. The highest BCUT2D eigenvalue weighted by atomic mass is 19.3. The lowest BCUT2D eigenvalue weighted by atomic mass is 9.95. The molecule has 0 saturated heterocycles. The second-order valence-electron chi connectivity index (χ2n) is 5.25. The standard InChI is InChI=1S/C11H17F2NO2/c1-9(2,3)8-14-7(6-16-8)10(4,15)11(5,12)13/h6,15H,1-5H3. The van der Waals surface area contributed by atoms with E-state index in [0.717, 1.165) is 13.2 Å². The quantitative estimate of drug-likeness (QED) is 0.854. The van der Waals surface area contributed by atoms with Gasteiger partial charge in [0.1, 0.15) is 12.0 Å². The zero-order valence-electron chi connectivity index (χ0n) is 10.1. The number of aliphatic hydroxyl groups is 1. The first-order chi connectivity index (χ1) is 6.96. The van der Waals surface area contributed by atoms with E-state index in [1.165, 1.54) is 0 Å². The molecular formula is C11H17F2NO2. The topological polar surface area (TPSA) is 46.3 Å². The van der Waals surface area contributed by atoms with Crippen molar-refractivity contribution in [2.24, 2.45) is 0 Å². The van der Waals surface area contributed by atoms with Gasteiger partial charge in [-0.2, -0.15) is 0 Å². The fourth-order valence-corrected chi connectivity index (χ4v) is 1.07. The normalized spacial score (nSPS) is 17.2. The number of aromatic nitrogens is 1. The first-order valence-corrected chi connectivity index (χ1v) is 5.03. The van der Waals surface area contributed by atoms with Gasteiger partial charge in [0.15, 0.2) is 11.5 Å². The maximum absolute atomic E-state index is 13.2. The summed E-state index contributed by atoms with van der Waals surface area (Å²) in [5.41, 5.74) is -2.85. The van der Waals surface area contributed by atoms with E-state index in [1.807, 2.05) is 20.8 Å². The third-order valence-electron chi connectivity index (χ3n) is 2.50. The van der Waals surface area contributed by atoms with Crippen LogP contribution < -0.4 is 0 Å². The van der Waals surface area contributed by atoms with Crippen molar-refractivity contribution >= 4 is 0 Å². The molecule has 1 unspecified atom stereocenters. The van der Waals surface area contributed by atoms with E-state index >= 15 is 0 Å². The van der Waals surface area contributed by atoms with Crippen LogP contribution >= 0.6 is 0 Å². The largest absolute Gasteiger partial charge is 0.448 e. The molecule has 0 bridgehead atoms. The van der Waals surface area contributed by atoms with Crippen LogP contribution in [0, 0.1) is 0 Å². The van der Waals surface area contributed by atoms with Crippen molar-refractivity contribution < 1.29 is 18.3 Å². The first-order valence-electron chi connectivity index (χ1n) is 5.03. The van der Waals surface area contributed by atoms with Gasteiger partial charge in [0, 0.05) is 12.3 Å². The molecule has 1 aromatic heterocycles. The Bertz CT molecular complexity index is 372. The molecule has 0 saturated carbocycles. The smallest absolute Gasteiger partial charge is 0.278 e. The monoisotopic (exact) mass is 233 g/mol. The van der Waals surface area contributed by atoms with Crippen LogP contribution in [-0.4, -0.2) is 16.0 Å². The van der Waals surface area contributed by atoms with Crippen LogP contribution in [-0.2, 0) is 11.0 Å². The molecule has 0 amide bonds. The molecule has 0 fully saturated rings. The van der Waals surface area contributed by atoms with Gasteiger partial charge in [0.25, 0.3) is 5.92 Å². The average Bonchev–Trinajstić information content (AvgIpc) is 2.47. The minimum atomic E-state index is -3.28. The molecule has 0 aliphatic heterocycles. The van der Waals surface area contributed by atoms with Crippen LogP contribution in [0.2, 0.25) is 0 Å². The van der Waals surface area contributed by atoms with E-state index in [0.29, 0.717) is 12.8 Å². The van der Waals surface area contributed by atoms with Gasteiger partial charge in [-0.3, -0.25) is 0 Å². The highest BCUT2D eigenvalue weighted by Gasteiger charge is 2.48. The van der Waals surface area contributed by atoms with Gasteiger partial charge >= 0.3 is 0 Å². The molecule has 0 radical (unpaired) electrons. The van der Waals surface area contributed by atoms with Crippen molar-refractivity contribution in [1.29, 1.82) is 0 Å². The van der Waals surface area contributed by atoms with Crippen molar-refractivity contribution in [3.05, 3.63) is 17.8 Å². The van der Waals surface area contributed by atoms with Crippen LogP contribution in [0.3, 0.4) is 0 Å². The molecule has 5 heteroatoms. The Labute approximate surface area is 93.5 Å². The molecule has 0 aromatic carbocycles. The lowest BCUT2D eigenvalue weighted by Crippen LogP contribution is -2.40. The fraction of sp³-hybridized carbons (Fsp3) is 0.727. The van der Waals surface area contributed by atoms with Crippen molar-refractivity contribution in [2.75, 3.05) is 0 Å². The van der Waals surface area contributed by atoms with Crippen LogP contribution in [0.25, 0.3) is 0 Å². The van der Waals surface area contributed by atoms with Crippen LogP contribution in [0.1, 0.15) is 46.2 Å². The molecule has 1 heterocycles. The summed E-state index contributed by atoms with van der Waals surface area (Å²) in [6.45, 7) is 7.22. The summed E-state index contributed by atoms with van der Waals surface area (Å²) >= 11 is 0.